The van der Waals surface area contributed by atoms with Crippen LogP contribution in [0.1, 0.15) is 17.0 Å². The van der Waals surface area contributed by atoms with E-state index in [9.17, 15) is 27.9 Å². The number of carboxylic acid groups (broad SMARTS) is 1. The fraction of sp³-hybridized carbons (Fsp3) is 0.455. The Hall–Kier alpha value is -3.88. The van der Waals surface area contributed by atoms with E-state index in [0.717, 1.165) is 22.7 Å². The predicted octanol–water partition coefficient (Wildman–Crippen LogP) is 1.81. The molecule has 1 saturated heterocycles. The molecule has 2 aromatic rings. The molecule has 2 atom stereocenters. The number of para-hydroxylation sites is 1. The van der Waals surface area contributed by atoms with E-state index < -0.39 is 35.8 Å². The third kappa shape index (κ3) is 5.03. The van der Waals surface area contributed by atoms with Crippen LogP contribution in [0.3, 0.4) is 0 Å². The molecule has 198 valence electrons. The van der Waals surface area contributed by atoms with Crippen molar-refractivity contribution >= 4 is 12.0 Å². The van der Waals surface area contributed by atoms with Crippen LogP contribution in [0, 0.1) is 5.92 Å². The van der Waals surface area contributed by atoms with Gasteiger partial charge in [-0.15, -0.1) is 18.3 Å². The number of ether oxygens (including phenoxy) is 1. The Labute approximate surface area is 207 Å². The van der Waals surface area contributed by atoms with Gasteiger partial charge in [0.2, 0.25) is 0 Å². The van der Waals surface area contributed by atoms with E-state index in [4.69, 9.17) is 0 Å². The van der Waals surface area contributed by atoms with Crippen molar-refractivity contribution < 1.29 is 37.0 Å². The highest BCUT2D eigenvalue weighted by atomic mass is 19.4. The fourth-order valence-electron chi connectivity index (χ4n) is 4.89. The van der Waals surface area contributed by atoms with Gasteiger partial charge in [0, 0.05) is 37.7 Å². The van der Waals surface area contributed by atoms with Crippen molar-refractivity contribution in [2.45, 2.75) is 31.5 Å². The van der Waals surface area contributed by atoms with Gasteiger partial charge in [0.1, 0.15) is 11.4 Å². The summed E-state index contributed by atoms with van der Waals surface area (Å²) >= 11 is 0. The first-order chi connectivity index (χ1) is 17.5. The Morgan fingerprint density at radius 2 is 1.97 bits per heavy atom. The van der Waals surface area contributed by atoms with Gasteiger partial charge in [0.25, 0.3) is 11.7 Å². The van der Waals surface area contributed by atoms with Crippen molar-refractivity contribution in [3.8, 4) is 5.75 Å². The number of aromatic nitrogens is 3. The number of hydrogen-bond acceptors (Lipinski definition) is 7. The van der Waals surface area contributed by atoms with Crippen LogP contribution in [0.25, 0.3) is 0 Å². The standard InChI is InChI=1S/C22H23F4N7O4/c23-21(19(34)31-6-5-15-16(12-31)28-30-27-15)10-17-14(11-32(20(35)36)7-8-33(17)29-21)9-13-3-1-2-4-18(13)37-22(24,25)26/h1-4,10,14,29H,5-9,11-12H2,(H,35,36)(H,27,28,30). The average molecular weight is 525 g/mol. The number of nitrogens with one attached hydrogen (secondary N) is 2. The summed E-state index contributed by atoms with van der Waals surface area (Å²) in [6, 6.07) is 5.50. The molecule has 0 radical (unpaired) electrons. The fourth-order valence-corrected chi connectivity index (χ4v) is 4.89. The minimum atomic E-state index is -4.93. The van der Waals surface area contributed by atoms with Gasteiger partial charge in [-0.3, -0.25) is 9.89 Å². The first-order valence-corrected chi connectivity index (χ1v) is 11.5. The second-order valence-electron chi connectivity index (χ2n) is 9.04. The molecule has 2 unspecified atom stereocenters. The summed E-state index contributed by atoms with van der Waals surface area (Å²) < 4.78 is 59.1. The van der Waals surface area contributed by atoms with Gasteiger partial charge >= 0.3 is 12.5 Å². The summed E-state index contributed by atoms with van der Waals surface area (Å²) in [7, 11) is 0. The molecule has 3 aliphatic rings. The van der Waals surface area contributed by atoms with E-state index in [0.29, 0.717) is 12.1 Å². The molecular weight excluding hydrogens is 502 g/mol. The number of halogens is 4. The molecule has 1 aromatic heterocycles. The van der Waals surface area contributed by atoms with Crippen LogP contribution in [0.2, 0.25) is 0 Å². The highest BCUT2D eigenvalue weighted by Gasteiger charge is 2.49. The summed E-state index contributed by atoms with van der Waals surface area (Å²) in [5.74, 6) is -4.67. The van der Waals surface area contributed by atoms with Gasteiger partial charge < -0.3 is 24.7 Å². The van der Waals surface area contributed by atoms with E-state index >= 15 is 4.39 Å². The normalized spacial score (nSPS) is 23.7. The van der Waals surface area contributed by atoms with E-state index in [1.807, 2.05) is 0 Å². The van der Waals surface area contributed by atoms with Gasteiger partial charge in [-0.05, 0) is 24.1 Å². The van der Waals surface area contributed by atoms with E-state index in [1.165, 1.54) is 28.1 Å². The molecule has 4 heterocycles. The quantitative estimate of drug-likeness (QED) is 0.408. The lowest BCUT2D eigenvalue weighted by Gasteiger charge is -2.32. The molecule has 2 amide bonds. The van der Waals surface area contributed by atoms with Crippen molar-refractivity contribution in [2.24, 2.45) is 5.92 Å². The lowest BCUT2D eigenvalue weighted by molar-refractivity contribution is -0.274. The molecule has 11 nitrogen and oxygen atoms in total. The van der Waals surface area contributed by atoms with E-state index in [2.05, 4.69) is 25.6 Å². The van der Waals surface area contributed by atoms with Crippen molar-refractivity contribution in [3.63, 3.8) is 0 Å². The molecule has 3 aliphatic heterocycles. The van der Waals surface area contributed by atoms with Crippen LogP contribution >= 0.6 is 0 Å². The molecule has 1 fully saturated rings. The zero-order valence-corrected chi connectivity index (χ0v) is 19.3. The van der Waals surface area contributed by atoms with E-state index in [1.54, 1.807) is 0 Å². The van der Waals surface area contributed by atoms with Crippen LogP contribution in [0.4, 0.5) is 22.4 Å². The summed E-state index contributed by atoms with van der Waals surface area (Å²) in [4.78, 5) is 27.4. The number of hydrogen-bond donors (Lipinski definition) is 3. The molecule has 0 aliphatic carbocycles. The van der Waals surface area contributed by atoms with Gasteiger partial charge in [-0.1, -0.05) is 23.4 Å². The minimum absolute atomic E-state index is 0.00679. The molecule has 15 heteroatoms. The molecular formula is C22H23F4N7O4. The molecule has 0 bridgehead atoms. The Bertz CT molecular complexity index is 1240. The topological polar surface area (TPSA) is 127 Å². The van der Waals surface area contributed by atoms with Crippen molar-refractivity contribution in [3.05, 3.63) is 53.0 Å². The van der Waals surface area contributed by atoms with Crippen LogP contribution in [-0.2, 0) is 24.2 Å². The number of carbonyl (C=O) groups is 2. The first kappa shape index (κ1) is 24.8. The number of fused-ring (bicyclic) bond motifs is 2. The lowest BCUT2D eigenvalue weighted by Crippen LogP contribution is -2.56. The first-order valence-electron chi connectivity index (χ1n) is 11.5. The van der Waals surface area contributed by atoms with Crippen LogP contribution in [0.15, 0.2) is 36.0 Å². The maximum Gasteiger partial charge on any atom is 0.573 e. The second-order valence-corrected chi connectivity index (χ2v) is 9.04. The molecule has 37 heavy (non-hydrogen) atoms. The predicted molar refractivity (Wildman–Crippen MR) is 117 cm³/mol. The largest absolute Gasteiger partial charge is 0.573 e. The number of alkyl halides is 4. The van der Waals surface area contributed by atoms with Crippen LogP contribution in [-0.4, -0.2) is 85.7 Å². The van der Waals surface area contributed by atoms with Gasteiger partial charge in [0.15, 0.2) is 0 Å². The number of nitrogens with zero attached hydrogens (tertiary/aromatic N) is 5. The molecule has 0 spiro atoms. The number of carbonyl (C=O) groups excluding carboxylic acids is 1. The molecule has 0 saturated carbocycles. The highest BCUT2D eigenvalue weighted by Crippen LogP contribution is 2.36. The third-order valence-corrected chi connectivity index (χ3v) is 6.62. The highest BCUT2D eigenvalue weighted by molar-refractivity contribution is 5.87. The number of amides is 2. The summed E-state index contributed by atoms with van der Waals surface area (Å²) in [6.45, 7) is 0.217. The Morgan fingerprint density at radius 3 is 2.73 bits per heavy atom. The minimum Gasteiger partial charge on any atom is -0.465 e. The monoisotopic (exact) mass is 525 g/mol. The molecule has 1 aromatic carbocycles. The zero-order valence-electron chi connectivity index (χ0n) is 19.3. The van der Waals surface area contributed by atoms with Crippen molar-refractivity contribution in [1.29, 1.82) is 0 Å². The van der Waals surface area contributed by atoms with Gasteiger partial charge in [-0.25, -0.2) is 9.18 Å². The van der Waals surface area contributed by atoms with Crippen LogP contribution in [0.5, 0.6) is 5.75 Å². The summed E-state index contributed by atoms with van der Waals surface area (Å²) in [5.41, 5.74) is 4.32. The summed E-state index contributed by atoms with van der Waals surface area (Å²) in [5, 5.41) is 21.3. The zero-order chi connectivity index (χ0) is 26.4. The van der Waals surface area contributed by atoms with E-state index in [-0.39, 0.29) is 50.4 Å². The number of hydrazine groups is 1. The number of rotatable bonds is 4. The second kappa shape index (κ2) is 9.21. The number of H-pyrrole nitrogens is 1. The van der Waals surface area contributed by atoms with Crippen LogP contribution < -0.4 is 10.2 Å². The SMILES string of the molecule is O=C(O)N1CCN2NC(F)(C(=O)N3CCc4[nH]nnc4C3)C=C2C(Cc2ccccc2OC(F)(F)F)C1. The molecule has 3 N–H and O–H groups in total. The van der Waals surface area contributed by atoms with Crippen molar-refractivity contribution in [1.82, 2.24) is 35.6 Å². The maximum atomic E-state index is 16.1. The Morgan fingerprint density at radius 1 is 1.19 bits per heavy atom. The summed E-state index contributed by atoms with van der Waals surface area (Å²) in [6.07, 6.45) is -4.71. The maximum absolute atomic E-state index is 16.1. The molecule has 5 rings (SSSR count). The average Bonchev–Trinajstić information content (AvgIpc) is 3.40. The third-order valence-electron chi connectivity index (χ3n) is 6.62. The Kier molecular flexibility index (Phi) is 6.17. The van der Waals surface area contributed by atoms with Crippen molar-refractivity contribution in [2.75, 3.05) is 26.2 Å². The Balaban J connectivity index is 1.44. The lowest BCUT2D eigenvalue weighted by atomic mass is 9.94. The number of aromatic amines is 1. The van der Waals surface area contributed by atoms with Gasteiger partial charge in [0.05, 0.1) is 18.8 Å². The number of benzene rings is 1. The van der Waals surface area contributed by atoms with Gasteiger partial charge in [-0.2, -0.15) is 5.43 Å². The smallest absolute Gasteiger partial charge is 0.465 e.